The molecule has 1 amide bonds. The van der Waals surface area contributed by atoms with Gasteiger partial charge in [0.25, 0.3) is 5.91 Å². The molecule has 38 heavy (non-hydrogen) atoms. The number of aliphatic carboxylic acids is 1. The van der Waals surface area contributed by atoms with Gasteiger partial charge in [-0.05, 0) is 82.3 Å². The molecule has 0 spiro atoms. The van der Waals surface area contributed by atoms with Crippen LogP contribution >= 0.6 is 0 Å². The second-order valence-corrected chi connectivity index (χ2v) is 11.2. The second kappa shape index (κ2) is 11.1. The van der Waals surface area contributed by atoms with E-state index in [0.29, 0.717) is 25.4 Å². The van der Waals surface area contributed by atoms with Crippen molar-refractivity contribution in [3.05, 3.63) is 107 Å². The number of likely N-dealkylation sites (tertiary alicyclic amines) is 2. The van der Waals surface area contributed by atoms with Crippen LogP contribution in [0.4, 0.5) is 0 Å². The van der Waals surface area contributed by atoms with Crippen molar-refractivity contribution in [2.24, 2.45) is 0 Å². The molecule has 5 heteroatoms. The monoisotopic (exact) mass is 510 g/mol. The first-order valence-corrected chi connectivity index (χ1v) is 13.8. The summed E-state index contributed by atoms with van der Waals surface area (Å²) in [5, 5.41) is 10.2. The van der Waals surface area contributed by atoms with E-state index in [2.05, 4.69) is 40.1 Å². The minimum Gasteiger partial charge on any atom is -0.481 e. The molecule has 1 N–H and O–H groups in total. The zero-order chi connectivity index (χ0) is 26.7. The third kappa shape index (κ3) is 5.39. The maximum atomic E-state index is 13.8. The van der Waals surface area contributed by atoms with Crippen molar-refractivity contribution in [2.45, 2.75) is 63.5 Å². The van der Waals surface area contributed by atoms with E-state index >= 15 is 0 Å². The summed E-state index contributed by atoms with van der Waals surface area (Å²) in [6.07, 6.45) is 3.85. The highest BCUT2D eigenvalue weighted by atomic mass is 16.4. The average Bonchev–Trinajstić information content (AvgIpc) is 2.93. The van der Waals surface area contributed by atoms with Gasteiger partial charge >= 0.3 is 5.97 Å². The predicted molar refractivity (Wildman–Crippen MR) is 150 cm³/mol. The molecule has 3 aromatic carbocycles. The Hall–Kier alpha value is -3.44. The third-order valence-electron chi connectivity index (χ3n) is 8.64. The van der Waals surface area contributed by atoms with Crippen molar-refractivity contribution in [3.63, 3.8) is 0 Å². The number of hydrogen-bond donors (Lipinski definition) is 1. The van der Waals surface area contributed by atoms with Crippen LogP contribution in [0.5, 0.6) is 0 Å². The van der Waals surface area contributed by atoms with Crippen LogP contribution < -0.4 is 0 Å². The number of carboxylic acids is 1. The Morgan fingerprint density at radius 1 is 0.868 bits per heavy atom. The van der Waals surface area contributed by atoms with Crippen LogP contribution in [-0.4, -0.2) is 58.5 Å². The molecule has 0 radical (unpaired) electrons. The Balaban J connectivity index is 1.34. The highest BCUT2D eigenvalue weighted by Gasteiger charge is 2.45. The van der Waals surface area contributed by atoms with E-state index in [9.17, 15) is 14.7 Å². The van der Waals surface area contributed by atoms with E-state index in [1.165, 1.54) is 5.56 Å². The van der Waals surface area contributed by atoms with E-state index in [0.717, 1.165) is 54.6 Å². The largest absolute Gasteiger partial charge is 0.481 e. The number of carboxylic acid groups (broad SMARTS) is 1. The fraction of sp³-hybridized carbons (Fsp3) is 0.394. The topological polar surface area (TPSA) is 60.9 Å². The van der Waals surface area contributed by atoms with Gasteiger partial charge in [0.15, 0.2) is 0 Å². The lowest BCUT2D eigenvalue weighted by Gasteiger charge is -2.47. The Kier molecular flexibility index (Phi) is 7.66. The number of aryl methyl sites for hydroxylation is 2. The smallest absolute Gasteiger partial charge is 0.314 e. The van der Waals surface area contributed by atoms with E-state index < -0.39 is 11.4 Å². The molecule has 0 saturated carbocycles. The van der Waals surface area contributed by atoms with Crippen molar-refractivity contribution in [1.82, 2.24) is 9.80 Å². The maximum absolute atomic E-state index is 13.8. The number of carbonyl (C=O) groups is 2. The lowest BCUT2D eigenvalue weighted by Crippen LogP contribution is -2.56. The van der Waals surface area contributed by atoms with E-state index in [4.69, 9.17) is 0 Å². The lowest BCUT2D eigenvalue weighted by atomic mass is 9.72. The van der Waals surface area contributed by atoms with E-state index in [1.54, 1.807) is 0 Å². The van der Waals surface area contributed by atoms with Crippen LogP contribution in [0.15, 0.2) is 78.9 Å². The van der Waals surface area contributed by atoms with E-state index in [-0.39, 0.29) is 11.9 Å². The number of rotatable bonds is 6. The minimum absolute atomic E-state index is 0.102. The van der Waals surface area contributed by atoms with Gasteiger partial charge in [-0.1, -0.05) is 77.9 Å². The average molecular weight is 511 g/mol. The maximum Gasteiger partial charge on any atom is 0.314 e. The van der Waals surface area contributed by atoms with Crippen LogP contribution in [0, 0.1) is 13.8 Å². The van der Waals surface area contributed by atoms with Crippen molar-refractivity contribution in [2.75, 3.05) is 19.6 Å². The summed E-state index contributed by atoms with van der Waals surface area (Å²) in [5.74, 6) is -0.608. The number of piperidine rings is 2. The molecule has 2 atom stereocenters. The third-order valence-corrected chi connectivity index (χ3v) is 8.64. The summed E-state index contributed by atoms with van der Waals surface area (Å²) in [5.41, 5.74) is 4.31. The number of nitrogens with zero attached hydrogens (tertiary/aromatic N) is 2. The fourth-order valence-corrected chi connectivity index (χ4v) is 6.63. The van der Waals surface area contributed by atoms with Crippen molar-refractivity contribution in [3.8, 4) is 0 Å². The normalized spacial score (nSPS) is 21.7. The zero-order valence-corrected chi connectivity index (χ0v) is 22.5. The fourth-order valence-electron chi connectivity index (χ4n) is 6.63. The van der Waals surface area contributed by atoms with Crippen LogP contribution in [0.2, 0.25) is 0 Å². The molecule has 2 saturated heterocycles. The number of amides is 1. The van der Waals surface area contributed by atoms with Gasteiger partial charge in [-0.2, -0.15) is 0 Å². The highest BCUT2D eigenvalue weighted by molar-refractivity contribution is 5.95. The molecule has 2 fully saturated rings. The summed E-state index contributed by atoms with van der Waals surface area (Å²) >= 11 is 0. The van der Waals surface area contributed by atoms with Crippen molar-refractivity contribution < 1.29 is 14.7 Å². The van der Waals surface area contributed by atoms with Gasteiger partial charge in [0.1, 0.15) is 0 Å². The lowest BCUT2D eigenvalue weighted by molar-refractivity contribution is -0.146. The molecule has 0 unspecified atom stereocenters. The standard InChI is InChI=1S/C33H38N2O3/c1-24-19-25(2)21-27(20-24)31(36)35-16-13-29(23-30(35)22-26-9-5-3-6-10-26)34-17-14-33(15-18-34,32(37)38)28-11-7-4-8-12-28/h3-12,19-21,29-30H,13-18,22-23H2,1-2H3,(H,37,38)/t29-,30-/m1/s1. The van der Waals surface area contributed by atoms with Crippen LogP contribution in [0.3, 0.4) is 0 Å². The molecule has 0 aliphatic carbocycles. The Bertz CT molecular complexity index is 1250. The summed E-state index contributed by atoms with van der Waals surface area (Å²) in [6, 6.07) is 26.7. The van der Waals surface area contributed by atoms with Gasteiger partial charge in [-0.25, -0.2) is 0 Å². The van der Waals surface area contributed by atoms with Gasteiger partial charge in [0, 0.05) is 24.2 Å². The zero-order valence-electron chi connectivity index (χ0n) is 22.5. The molecule has 2 aliphatic rings. The SMILES string of the molecule is Cc1cc(C)cc(C(=O)N2CC[C@@H](N3CCC(C(=O)O)(c4ccccc4)CC3)C[C@H]2Cc2ccccc2)c1. The van der Waals surface area contributed by atoms with Gasteiger partial charge in [-0.15, -0.1) is 0 Å². The van der Waals surface area contributed by atoms with Gasteiger partial charge in [-0.3, -0.25) is 9.59 Å². The minimum atomic E-state index is -0.819. The molecule has 198 valence electrons. The molecular weight excluding hydrogens is 472 g/mol. The number of hydrogen-bond acceptors (Lipinski definition) is 3. The number of benzene rings is 3. The molecule has 5 nitrogen and oxygen atoms in total. The summed E-state index contributed by atoms with van der Waals surface area (Å²) in [4.78, 5) is 30.8. The van der Waals surface area contributed by atoms with Gasteiger partial charge in [0.2, 0.25) is 0 Å². The number of carbonyl (C=O) groups excluding carboxylic acids is 1. The van der Waals surface area contributed by atoms with Gasteiger partial charge < -0.3 is 14.9 Å². The van der Waals surface area contributed by atoms with Crippen molar-refractivity contribution in [1.29, 1.82) is 0 Å². The molecular formula is C33H38N2O3. The Labute approximate surface area is 226 Å². The van der Waals surface area contributed by atoms with Crippen LogP contribution in [-0.2, 0) is 16.6 Å². The first-order valence-electron chi connectivity index (χ1n) is 13.8. The molecule has 0 bridgehead atoms. The Morgan fingerprint density at radius 3 is 2.08 bits per heavy atom. The first kappa shape index (κ1) is 26.2. The summed E-state index contributed by atoms with van der Waals surface area (Å²) in [7, 11) is 0. The van der Waals surface area contributed by atoms with Crippen molar-refractivity contribution >= 4 is 11.9 Å². The molecule has 0 aromatic heterocycles. The van der Waals surface area contributed by atoms with Gasteiger partial charge in [0.05, 0.1) is 5.41 Å². The molecule has 3 aromatic rings. The predicted octanol–water partition coefficient (Wildman–Crippen LogP) is 5.64. The van der Waals surface area contributed by atoms with E-state index in [1.807, 2.05) is 62.4 Å². The summed E-state index contributed by atoms with van der Waals surface area (Å²) in [6.45, 7) is 6.32. The first-order chi connectivity index (χ1) is 18.4. The molecule has 2 heterocycles. The Morgan fingerprint density at radius 2 is 1.47 bits per heavy atom. The quantitative estimate of drug-likeness (QED) is 0.466. The molecule has 5 rings (SSSR count). The highest BCUT2D eigenvalue weighted by Crippen LogP contribution is 2.38. The van der Waals surface area contributed by atoms with Crippen LogP contribution in [0.1, 0.15) is 58.3 Å². The second-order valence-electron chi connectivity index (χ2n) is 11.2. The van der Waals surface area contributed by atoms with Crippen LogP contribution in [0.25, 0.3) is 0 Å². The molecule has 2 aliphatic heterocycles. The summed E-state index contributed by atoms with van der Waals surface area (Å²) < 4.78 is 0.